The molecule has 128 valence electrons. The van der Waals surface area contributed by atoms with Gasteiger partial charge in [-0.25, -0.2) is 0 Å². The van der Waals surface area contributed by atoms with E-state index in [1.54, 1.807) is 6.07 Å². The molecular formula is C19H26N4O. The van der Waals surface area contributed by atoms with Gasteiger partial charge in [-0.2, -0.15) is 0 Å². The van der Waals surface area contributed by atoms with Gasteiger partial charge in [0.25, 0.3) is 0 Å². The molecule has 5 nitrogen and oxygen atoms in total. The Morgan fingerprint density at radius 2 is 1.92 bits per heavy atom. The van der Waals surface area contributed by atoms with Crippen LogP contribution in [-0.2, 0) is 0 Å². The van der Waals surface area contributed by atoms with E-state index < -0.39 is 0 Å². The average molecular weight is 326 g/mol. The van der Waals surface area contributed by atoms with Gasteiger partial charge in [-0.15, -0.1) is 10.2 Å². The van der Waals surface area contributed by atoms with Gasteiger partial charge in [-0.05, 0) is 76.0 Å². The van der Waals surface area contributed by atoms with E-state index in [2.05, 4.69) is 33.5 Å². The Morgan fingerprint density at radius 1 is 1.12 bits per heavy atom. The fourth-order valence-corrected chi connectivity index (χ4v) is 3.51. The number of likely N-dealkylation sites (N-methyl/N-ethyl adjacent to an activating group) is 1. The van der Waals surface area contributed by atoms with Crippen LogP contribution in [0.3, 0.4) is 0 Å². The zero-order valence-corrected chi connectivity index (χ0v) is 14.9. The van der Waals surface area contributed by atoms with Gasteiger partial charge in [0.15, 0.2) is 5.82 Å². The summed E-state index contributed by atoms with van der Waals surface area (Å²) in [6.45, 7) is 8.19. The standard InChI is InChI=1S/C19H26N4O/c1-12-8-13(2)18(17(24)9-12)16-10-14(3)19(22-21-16)20-15-6-5-7-23(4)11-15/h8-10,15,24H,5-7,11H2,1-4H3,(H,20,22)/t15-/m1/s1. The second-order valence-corrected chi connectivity index (χ2v) is 6.98. The molecule has 0 unspecified atom stereocenters. The molecule has 0 aliphatic carbocycles. The maximum Gasteiger partial charge on any atom is 0.151 e. The highest BCUT2D eigenvalue weighted by Crippen LogP contribution is 2.33. The molecule has 1 atom stereocenters. The van der Waals surface area contributed by atoms with Gasteiger partial charge in [-0.3, -0.25) is 0 Å². The van der Waals surface area contributed by atoms with E-state index >= 15 is 0 Å². The van der Waals surface area contributed by atoms with Crippen molar-refractivity contribution in [1.29, 1.82) is 0 Å². The van der Waals surface area contributed by atoms with Crippen LogP contribution < -0.4 is 5.32 Å². The van der Waals surface area contributed by atoms with Crippen molar-refractivity contribution in [3.05, 3.63) is 34.9 Å². The zero-order valence-electron chi connectivity index (χ0n) is 14.9. The van der Waals surface area contributed by atoms with Crippen molar-refractivity contribution in [2.45, 2.75) is 39.7 Å². The second-order valence-electron chi connectivity index (χ2n) is 6.98. The minimum absolute atomic E-state index is 0.260. The number of rotatable bonds is 3. The number of nitrogens with zero attached hydrogens (tertiary/aromatic N) is 3. The first-order chi connectivity index (χ1) is 11.4. The van der Waals surface area contributed by atoms with Crippen LogP contribution in [0.4, 0.5) is 5.82 Å². The minimum atomic E-state index is 0.260. The molecule has 1 aromatic carbocycles. The van der Waals surface area contributed by atoms with Crippen LogP contribution in [0.25, 0.3) is 11.3 Å². The summed E-state index contributed by atoms with van der Waals surface area (Å²) in [6.07, 6.45) is 2.36. The Morgan fingerprint density at radius 3 is 2.58 bits per heavy atom. The maximum absolute atomic E-state index is 10.3. The van der Waals surface area contributed by atoms with E-state index in [1.165, 1.54) is 6.42 Å². The summed E-state index contributed by atoms with van der Waals surface area (Å²) in [7, 11) is 2.15. The molecule has 0 saturated carbocycles. The number of nitrogens with one attached hydrogen (secondary N) is 1. The van der Waals surface area contributed by atoms with Gasteiger partial charge in [-0.1, -0.05) is 6.07 Å². The summed E-state index contributed by atoms with van der Waals surface area (Å²) in [6, 6.07) is 6.23. The smallest absolute Gasteiger partial charge is 0.151 e. The highest BCUT2D eigenvalue weighted by molar-refractivity contribution is 5.72. The van der Waals surface area contributed by atoms with Crippen molar-refractivity contribution in [3.63, 3.8) is 0 Å². The number of anilines is 1. The Bertz CT molecular complexity index is 721. The first kappa shape index (κ1) is 16.7. The molecule has 2 heterocycles. The Balaban J connectivity index is 1.85. The van der Waals surface area contributed by atoms with Crippen molar-refractivity contribution in [1.82, 2.24) is 15.1 Å². The largest absolute Gasteiger partial charge is 0.507 e. The Hall–Kier alpha value is -2.14. The van der Waals surface area contributed by atoms with Gasteiger partial charge >= 0.3 is 0 Å². The fraction of sp³-hybridized carbons (Fsp3) is 0.474. The first-order valence-electron chi connectivity index (χ1n) is 8.54. The number of piperidine rings is 1. The van der Waals surface area contributed by atoms with Crippen LogP contribution in [0.1, 0.15) is 29.5 Å². The number of benzene rings is 1. The summed E-state index contributed by atoms with van der Waals surface area (Å²) in [5.74, 6) is 1.10. The monoisotopic (exact) mass is 326 g/mol. The molecule has 3 rings (SSSR count). The highest BCUT2D eigenvalue weighted by atomic mass is 16.3. The van der Waals surface area contributed by atoms with E-state index in [0.717, 1.165) is 47.6 Å². The summed E-state index contributed by atoms with van der Waals surface area (Å²) in [5, 5.41) is 22.6. The van der Waals surface area contributed by atoms with Crippen molar-refractivity contribution in [3.8, 4) is 17.0 Å². The van der Waals surface area contributed by atoms with Crippen molar-refractivity contribution in [2.75, 3.05) is 25.5 Å². The number of aryl methyl sites for hydroxylation is 3. The van der Waals surface area contributed by atoms with E-state index in [9.17, 15) is 5.11 Å². The molecule has 2 aromatic rings. The minimum Gasteiger partial charge on any atom is -0.507 e. The zero-order chi connectivity index (χ0) is 17.3. The van der Waals surface area contributed by atoms with Gasteiger partial charge in [0.05, 0.1) is 5.69 Å². The Kier molecular flexibility index (Phi) is 4.71. The van der Waals surface area contributed by atoms with Crippen LogP contribution in [0.5, 0.6) is 5.75 Å². The van der Waals surface area contributed by atoms with E-state index in [0.29, 0.717) is 11.7 Å². The summed E-state index contributed by atoms with van der Waals surface area (Å²) in [5.41, 5.74) is 4.58. The number of hydrogen-bond acceptors (Lipinski definition) is 5. The quantitative estimate of drug-likeness (QED) is 0.906. The van der Waals surface area contributed by atoms with E-state index in [-0.39, 0.29) is 5.75 Å². The van der Waals surface area contributed by atoms with Gasteiger partial charge < -0.3 is 15.3 Å². The first-order valence-corrected chi connectivity index (χ1v) is 8.54. The fourth-order valence-electron chi connectivity index (χ4n) is 3.51. The van der Waals surface area contributed by atoms with Crippen LogP contribution in [0.15, 0.2) is 18.2 Å². The average Bonchev–Trinajstić information content (AvgIpc) is 2.49. The number of phenolic OH excluding ortho intramolecular Hbond substituents is 1. The lowest BCUT2D eigenvalue weighted by molar-refractivity contribution is 0.260. The highest BCUT2D eigenvalue weighted by Gasteiger charge is 2.19. The molecule has 2 N–H and O–H groups in total. The molecule has 1 saturated heterocycles. The van der Waals surface area contributed by atoms with E-state index in [1.807, 2.05) is 26.8 Å². The summed E-state index contributed by atoms with van der Waals surface area (Å²) in [4.78, 5) is 2.34. The number of aromatic nitrogens is 2. The predicted molar refractivity (Wildman–Crippen MR) is 97.5 cm³/mol. The molecule has 0 radical (unpaired) electrons. The molecule has 5 heteroatoms. The topological polar surface area (TPSA) is 61.3 Å². The number of hydrogen-bond donors (Lipinski definition) is 2. The molecular weight excluding hydrogens is 300 g/mol. The molecule has 24 heavy (non-hydrogen) atoms. The van der Waals surface area contributed by atoms with Crippen LogP contribution >= 0.6 is 0 Å². The third-order valence-corrected chi connectivity index (χ3v) is 4.66. The number of aromatic hydroxyl groups is 1. The molecule has 0 amide bonds. The van der Waals surface area contributed by atoms with Crippen molar-refractivity contribution < 1.29 is 5.11 Å². The third-order valence-electron chi connectivity index (χ3n) is 4.66. The van der Waals surface area contributed by atoms with Gasteiger partial charge in [0.1, 0.15) is 5.75 Å². The van der Waals surface area contributed by atoms with Gasteiger partial charge in [0.2, 0.25) is 0 Å². The van der Waals surface area contributed by atoms with Crippen molar-refractivity contribution in [2.24, 2.45) is 0 Å². The third kappa shape index (κ3) is 3.51. The van der Waals surface area contributed by atoms with Gasteiger partial charge in [0, 0.05) is 18.2 Å². The lowest BCUT2D eigenvalue weighted by atomic mass is 10.0. The van der Waals surface area contributed by atoms with Crippen LogP contribution in [0, 0.1) is 20.8 Å². The summed E-state index contributed by atoms with van der Waals surface area (Å²) >= 11 is 0. The Labute approximate surface area is 143 Å². The molecule has 0 spiro atoms. The molecule has 1 fully saturated rings. The predicted octanol–water partition coefficient (Wildman–Crippen LogP) is 3.28. The van der Waals surface area contributed by atoms with Crippen molar-refractivity contribution >= 4 is 5.82 Å². The molecule has 1 aliphatic rings. The summed E-state index contributed by atoms with van der Waals surface area (Å²) < 4.78 is 0. The van der Waals surface area contributed by atoms with Crippen LogP contribution in [-0.4, -0.2) is 46.4 Å². The maximum atomic E-state index is 10.3. The molecule has 1 aliphatic heterocycles. The SMILES string of the molecule is Cc1cc(C)c(-c2cc(C)c(N[C@@H]3CCCN(C)C3)nn2)c(O)c1. The lowest BCUT2D eigenvalue weighted by Crippen LogP contribution is -2.40. The molecule has 0 bridgehead atoms. The number of phenols is 1. The number of likely N-dealkylation sites (tertiary alicyclic amines) is 1. The normalized spacial score (nSPS) is 18.6. The van der Waals surface area contributed by atoms with Crippen LogP contribution in [0.2, 0.25) is 0 Å². The van der Waals surface area contributed by atoms with E-state index in [4.69, 9.17) is 0 Å². The molecule has 1 aromatic heterocycles. The second kappa shape index (κ2) is 6.77. The lowest BCUT2D eigenvalue weighted by Gasteiger charge is -2.30.